The fraction of sp³-hybridized carbons (Fsp3) is 0.700. The Hall–Kier alpha value is -0.830. The number of carbonyl (C=O) groups excluding carboxylic acids is 1. The molecule has 13 heavy (non-hydrogen) atoms. The van der Waals surface area contributed by atoms with Crippen LogP contribution >= 0.6 is 0 Å². The van der Waals surface area contributed by atoms with Crippen LogP contribution in [0.5, 0.6) is 0 Å². The predicted octanol–water partition coefficient (Wildman–Crippen LogP) is 1.41. The molecule has 0 aromatic rings. The molecule has 0 spiro atoms. The maximum Gasteiger partial charge on any atom is 0.335 e. The van der Waals surface area contributed by atoms with E-state index < -0.39 is 12.1 Å². The van der Waals surface area contributed by atoms with Crippen LogP contribution in [0.2, 0.25) is 0 Å². The molecule has 1 aliphatic carbocycles. The molecule has 0 aliphatic heterocycles. The van der Waals surface area contributed by atoms with E-state index in [4.69, 9.17) is 0 Å². The number of carbonyl (C=O) groups is 1. The van der Waals surface area contributed by atoms with Gasteiger partial charge in [-0.2, -0.15) is 0 Å². The second-order valence-electron chi connectivity index (χ2n) is 3.35. The van der Waals surface area contributed by atoms with Crippen molar-refractivity contribution in [3.05, 3.63) is 11.6 Å². The Kier molecular flexibility index (Phi) is 3.96. The molecule has 3 heteroatoms. The monoisotopic (exact) mass is 184 g/mol. The highest BCUT2D eigenvalue weighted by atomic mass is 16.5. The highest BCUT2D eigenvalue weighted by Crippen LogP contribution is 2.21. The highest BCUT2D eigenvalue weighted by Gasteiger charge is 2.17. The predicted molar refractivity (Wildman–Crippen MR) is 49.2 cm³/mol. The van der Waals surface area contributed by atoms with Crippen LogP contribution in [0.3, 0.4) is 0 Å². The van der Waals surface area contributed by atoms with Crippen molar-refractivity contribution in [1.29, 1.82) is 0 Å². The van der Waals surface area contributed by atoms with Crippen LogP contribution in [0, 0.1) is 0 Å². The van der Waals surface area contributed by atoms with E-state index in [2.05, 4.69) is 10.8 Å². The summed E-state index contributed by atoms with van der Waals surface area (Å²) in [6, 6.07) is 0. The molecule has 0 unspecified atom stereocenters. The van der Waals surface area contributed by atoms with Gasteiger partial charge < -0.3 is 9.84 Å². The van der Waals surface area contributed by atoms with E-state index in [9.17, 15) is 9.90 Å². The van der Waals surface area contributed by atoms with E-state index in [0.29, 0.717) is 6.42 Å². The van der Waals surface area contributed by atoms with Gasteiger partial charge in [0.15, 0.2) is 6.10 Å². The van der Waals surface area contributed by atoms with E-state index >= 15 is 0 Å². The lowest BCUT2D eigenvalue weighted by atomic mass is 9.95. The van der Waals surface area contributed by atoms with Gasteiger partial charge in [-0.05, 0) is 25.7 Å². The number of allylic oxidation sites excluding steroid dienone is 1. The summed E-state index contributed by atoms with van der Waals surface area (Å²) < 4.78 is 4.44. The molecule has 0 fully saturated rings. The molecule has 1 rings (SSSR count). The van der Waals surface area contributed by atoms with Crippen molar-refractivity contribution in [2.75, 3.05) is 7.11 Å². The van der Waals surface area contributed by atoms with Gasteiger partial charge in [0.1, 0.15) is 0 Å². The lowest BCUT2D eigenvalue weighted by Crippen LogP contribution is -2.22. The highest BCUT2D eigenvalue weighted by molar-refractivity contribution is 5.74. The minimum Gasteiger partial charge on any atom is -0.467 e. The van der Waals surface area contributed by atoms with Crippen LogP contribution in [0.15, 0.2) is 11.6 Å². The lowest BCUT2D eigenvalue weighted by molar-refractivity contribution is -0.150. The van der Waals surface area contributed by atoms with E-state index in [0.717, 1.165) is 12.8 Å². The number of aliphatic hydroxyl groups excluding tert-OH is 1. The van der Waals surface area contributed by atoms with Gasteiger partial charge in [-0.15, -0.1) is 0 Å². The summed E-state index contributed by atoms with van der Waals surface area (Å²) in [5, 5.41) is 9.35. The third kappa shape index (κ3) is 3.19. The van der Waals surface area contributed by atoms with Crippen molar-refractivity contribution in [2.24, 2.45) is 0 Å². The molecule has 0 bridgehead atoms. The second-order valence-corrected chi connectivity index (χ2v) is 3.35. The maximum atomic E-state index is 10.9. The Bertz CT molecular complexity index is 208. The molecule has 0 amide bonds. The van der Waals surface area contributed by atoms with Crippen LogP contribution in [-0.4, -0.2) is 24.3 Å². The molecule has 74 valence electrons. The van der Waals surface area contributed by atoms with Crippen molar-refractivity contribution >= 4 is 5.97 Å². The van der Waals surface area contributed by atoms with E-state index in [1.54, 1.807) is 0 Å². The molecule has 0 aromatic heterocycles. The van der Waals surface area contributed by atoms with Crippen LogP contribution in [-0.2, 0) is 9.53 Å². The molecule has 3 nitrogen and oxygen atoms in total. The number of ether oxygens (including phenoxy) is 1. The maximum absolute atomic E-state index is 10.9. The fourth-order valence-corrected chi connectivity index (χ4v) is 1.56. The SMILES string of the molecule is COC(=O)[C@@H](O)CC1=CCCCC1. The van der Waals surface area contributed by atoms with Gasteiger partial charge in [0.2, 0.25) is 0 Å². The number of rotatable bonds is 3. The Balaban J connectivity index is 2.38. The summed E-state index contributed by atoms with van der Waals surface area (Å²) in [7, 11) is 1.29. The Labute approximate surface area is 78.4 Å². The van der Waals surface area contributed by atoms with Crippen LogP contribution in [0.1, 0.15) is 32.1 Å². The van der Waals surface area contributed by atoms with E-state index in [-0.39, 0.29) is 0 Å². The standard InChI is InChI=1S/C10H16O3/c1-13-10(12)9(11)7-8-5-3-2-4-6-8/h5,9,11H,2-4,6-7H2,1H3/t9-/m0/s1. The first kappa shape index (κ1) is 10.3. The second kappa shape index (κ2) is 5.02. The number of esters is 1. The summed E-state index contributed by atoms with van der Waals surface area (Å²) >= 11 is 0. The molecule has 1 aliphatic rings. The number of methoxy groups -OCH3 is 1. The third-order valence-corrected chi connectivity index (χ3v) is 2.31. The van der Waals surface area contributed by atoms with Gasteiger partial charge >= 0.3 is 5.97 Å². The Morgan fingerprint density at radius 3 is 3.00 bits per heavy atom. The smallest absolute Gasteiger partial charge is 0.335 e. The molecular weight excluding hydrogens is 168 g/mol. The lowest BCUT2D eigenvalue weighted by Gasteiger charge is -2.14. The quantitative estimate of drug-likeness (QED) is 0.533. The van der Waals surface area contributed by atoms with Gasteiger partial charge in [0, 0.05) is 6.42 Å². The summed E-state index contributed by atoms with van der Waals surface area (Å²) in [4.78, 5) is 10.9. The van der Waals surface area contributed by atoms with Crippen LogP contribution < -0.4 is 0 Å². The average Bonchev–Trinajstić information content (AvgIpc) is 2.18. The first-order chi connectivity index (χ1) is 6.24. The van der Waals surface area contributed by atoms with Crippen LogP contribution in [0.25, 0.3) is 0 Å². The summed E-state index contributed by atoms with van der Waals surface area (Å²) in [6.45, 7) is 0. The average molecular weight is 184 g/mol. The molecule has 0 aromatic carbocycles. The van der Waals surface area contributed by atoms with Crippen LogP contribution in [0.4, 0.5) is 0 Å². The minimum absolute atomic E-state index is 0.437. The molecule has 1 N–H and O–H groups in total. The zero-order valence-electron chi connectivity index (χ0n) is 7.95. The van der Waals surface area contributed by atoms with Gasteiger partial charge in [-0.1, -0.05) is 11.6 Å². The third-order valence-electron chi connectivity index (χ3n) is 2.31. The fourth-order valence-electron chi connectivity index (χ4n) is 1.56. The van der Waals surface area contributed by atoms with Crippen molar-refractivity contribution in [3.8, 4) is 0 Å². The topological polar surface area (TPSA) is 46.5 Å². The number of aliphatic hydroxyl groups is 1. The number of hydrogen-bond acceptors (Lipinski definition) is 3. The summed E-state index contributed by atoms with van der Waals surface area (Å²) in [5.41, 5.74) is 1.18. The zero-order valence-corrected chi connectivity index (χ0v) is 7.95. The first-order valence-corrected chi connectivity index (χ1v) is 4.68. The Morgan fingerprint density at radius 2 is 2.46 bits per heavy atom. The summed E-state index contributed by atoms with van der Waals surface area (Å²) in [5.74, 6) is -0.536. The molecule has 0 saturated carbocycles. The van der Waals surface area contributed by atoms with Crippen molar-refractivity contribution in [3.63, 3.8) is 0 Å². The van der Waals surface area contributed by atoms with Gasteiger partial charge in [-0.25, -0.2) is 4.79 Å². The number of hydrogen-bond donors (Lipinski definition) is 1. The van der Waals surface area contributed by atoms with Gasteiger partial charge in [0.05, 0.1) is 7.11 Å². The van der Waals surface area contributed by atoms with Crippen molar-refractivity contribution in [2.45, 2.75) is 38.2 Å². The largest absolute Gasteiger partial charge is 0.467 e. The minimum atomic E-state index is -0.977. The normalized spacial score (nSPS) is 19.1. The molecular formula is C10H16O3. The molecule has 0 radical (unpaired) electrons. The van der Waals surface area contributed by atoms with Crippen molar-refractivity contribution in [1.82, 2.24) is 0 Å². The van der Waals surface area contributed by atoms with Gasteiger partial charge in [0.25, 0.3) is 0 Å². The van der Waals surface area contributed by atoms with Crippen molar-refractivity contribution < 1.29 is 14.6 Å². The molecule has 1 atom stereocenters. The first-order valence-electron chi connectivity index (χ1n) is 4.68. The van der Waals surface area contributed by atoms with Gasteiger partial charge in [-0.3, -0.25) is 0 Å². The molecule has 0 saturated heterocycles. The zero-order chi connectivity index (χ0) is 9.68. The Morgan fingerprint density at radius 1 is 1.69 bits per heavy atom. The molecule has 0 heterocycles. The van der Waals surface area contributed by atoms with E-state index in [1.807, 2.05) is 0 Å². The summed E-state index contributed by atoms with van der Waals surface area (Å²) in [6.07, 6.45) is 6.05. The van der Waals surface area contributed by atoms with E-state index in [1.165, 1.54) is 25.5 Å².